The van der Waals surface area contributed by atoms with Crippen LogP contribution in [0.1, 0.15) is 10.4 Å². The smallest absolute Gasteiger partial charge is 0.251 e. The summed E-state index contributed by atoms with van der Waals surface area (Å²) in [6.07, 6.45) is 0. The van der Waals surface area contributed by atoms with Gasteiger partial charge >= 0.3 is 0 Å². The molecule has 0 radical (unpaired) electrons. The minimum absolute atomic E-state index is 0.123. The summed E-state index contributed by atoms with van der Waals surface area (Å²) in [5, 5.41) is 3.94. The van der Waals surface area contributed by atoms with Gasteiger partial charge in [0.25, 0.3) is 5.91 Å². The van der Waals surface area contributed by atoms with E-state index in [1.807, 2.05) is 24.3 Å². The average Bonchev–Trinajstić information content (AvgIpc) is 3.02. The third-order valence-corrected chi connectivity index (χ3v) is 4.71. The predicted octanol–water partition coefficient (Wildman–Crippen LogP) is 4.24. The molecule has 0 saturated heterocycles. The first-order valence-electron chi connectivity index (χ1n) is 6.89. The molecule has 1 aliphatic heterocycles. The predicted molar refractivity (Wildman–Crippen MR) is 92.1 cm³/mol. The van der Waals surface area contributed by atoms with Gasteiger partial charge in [-0.25, -0.2) is 0 Å². The summed E-state index contributed by atoms with van der Waals surface area (Å²) in [5.74, 6) is 1.55. The largest absolute Gasteiger partial charge is 0.454 e. The van der Waals surface area contributed by atoms with E-state index in [0.717, 1.165) is 10.6 Å². The van der Waals surface area contributed by atoms with E-state index in [1.54, 1.807) is 23.9 Å². The van der Waals surface area contributed by atoms with E-state index in [-0.39, 0.29) is 12.7 Å². The Morgan fingerprint density at radius 2 is 1.96 bits per heavy atom. The number of halogens is 2. The summed E-state index contributed by atoms with van der Waals surface area (Å²) in [5.41, 5.74) is 0.454. The maximum Gasteiger partial charge on any atom is 0.251 e. The summed E-state index contributed by atoms with van der Waals surface area (Å²) in [6, 6.07) is 10.8. The zero-order chi connectivity index (χ0) is 16.2. The molecule has 0 atom stereocenters. The molecule has 0 aromatic heterocycles. The Kier molecular flexibility index (Phi) is 5.20. The first kappa shape index (κ1) is 16.3. The Hall–Kier alpha value is -1.56. The Morgan fingerprint density at radius 3 is 2.74 bits per heavy atom. The van der Waals surface area contributed by atoms with Crippen LogP contribution in [0.5, 0.6) is 11.5 Å². The topological polar surface area (TPSA) is 47.6 Å². The molecule has 0 bridgehead atoms. The number of amides is 1. The van der Waals surface area contributed by atoms with Crippen LogP contribution in [-0.4, -0.2) is 25.0 Å². The second-order valence-corrected chi connectivity index (χ2v) is 6.76. The molecule has 23 heavy (non-hydrogen) atoms. The molecule has 1 heterocycles. The van der Waals surface area contributed by atoms with Gasteiger partial charge in [-0.3, -0.25) is 4.79 Å². The molecular formula is C16H13Cl2NO3S. The first-order chi connectivity index (χ1) is 11.1. The molecule has 2 aromatic rings. The van der Waals surface area contributed by atoms with Crippen molar-refractivity contribution in [3.63, 3.8) is 0 Å². The summed E-state index contributed by atoms with van der Waals surface area (Å²) in [6.45, 7) is 0.663. The van der Waals surface area contributed by atoms with E-state index in [9.17, 15) is 4.79 Å². The lowest BCUT2D eigenvalue weighted by Gasteiger charge is -2.07. The van der Waals surface area contributed by atoms with Gasteiger partial charge in [-0.1, -0.05) is 23.2 Å². The van der Waals surface area contributed by atoms with Gasteiger partial charge in [-0.05, 0) is 36.4 Å². The van der Waals surface area contributed by atoms with Gasteiger partial charge in [0.1, 0.15) is 0 Å². The number of benzene rings is 2. The van der Waals surface area contributed by atoms with Crippen molar-refractivity contribution in [3.8, 4) is 11.5 Å². The molecule has 1 aliphatic rings. The van der Waals surface area contributed by atoms with Crippen molar-refractivity contribution in [1.82, 2.24) is 5.32 Å². The number of hydrogen-bond acceptors (Lipinski definition) is 4. The SMILES string of the molecule is O=C(NCCSc1ccc(Cl)cc1)c1cc(Cl)c2c(c1)OCO2. The highest BCUT2D eigenvalue weighted by atomic mass is 35.5. The fourth-order valence-electron chi connectivity index (χ4n) is 2.06. The fraction of sp³-hybridized carbons (Fsp3) is 0.188. The van der Waals surface area contributed by atoms with Crippen LogP contribution >= 0.6 is 35.0 Å². The number of carbonyl (C=O) groups is 1. The number of nitrogens with one attached hydrogen (secondary N) is 1. The van der Waals surface area contributed by atoms with Gasteiger partial charge in [0.05, 0.1) is 5.02 Å². The monoisotopic (exact) mass is 369 g/mol. The van der Waals surface area contributed by atoms with Crippen molar-refractivity contribution < 1.29 is 14.3 Å². The maximum atomic E-state index is 12.2. The highest BCUT2D eigenvalue weighted by Gasteiger charge is 2.20. The van der Waals surface area contributed by atoms with Gasteiger partial charge < -0.3 is 14.8 Å². The Morgan fingerprint density at radius 1 is 1.17 bits per heavy atom. The summed E-state index contributed by atoms with van der Waals surface area (Å²) in [4.78, 5) is 13.3. The lowest BCUT2D eigenvalue weighted by Crippen LogP contribution is -2.25. The summed E-state index contributed by atoms with van der Waals surface area (Å²) in [7, 11) is 0. The zero-order valence-corrected chi connectivity index (χ0v) is 14.3. The molecule has 1 amide bonds. The first-order valence-corrected chi connectivity index (χ1v) is 8.63. The molecule has 0 aliphatic carbocycles. The minimum Gasteiger partial charge on any atom is -0.454 e. The number of rotatable bonds is 5. The minimum atomic E-state index is -0.193. The molecule has 0 saturated carbocycles. The van der Waals surface area contributed by atoms with Crippen LogP contribution in [-0.2, 0) is 0 Å². The van der Waals surface area contributed by atoms with Crippen molar-refractivity contribution in [2.75, 3.05) is 19.1 Å². The van der Waals surface area contributed by atoms with E-state index in [4.69, 9.17) is 32.7 Å². The molecule has 1 N–H and O–H groups in total. The second kappa shape index (κ2) is 7.34. The maximum absolute atomic E-state index is 12.2. The Bertz CT molecular complexity index is 722. The Balaban J connectivity index is 1.52. The molecule has 120 valence electrons. The van der Waals surface area contributed by atoms with Gasteiger partial charge in [-0.2, -0.15) is 0 Å². The fourth-order valence-corrected chi connectivity index (χ4v) is 3.22. The average molecular weight is 370 g/mol. The van der Waals surface area contributed by atoms with E-state index >= 15 is 0 Å². The number of carbonyl (C=O) groups excluding carboxylic acids is 1. The lowest BCUT2D eigenvalue weighted by atomic mass is 10.2. The number of fused-ring (bicyclic) bond motifs is 1. The van der Waals surface area contributed by atoms with Crippen molar-refractivity contribution >= 4 is 40.9 Å². The van der Waals surface area contributed by atoms with Crippen LogP contribution in [0.25, 0.3) is 0 Å². The number of hydrogen-bond donors (Lipinski definition) is 1. The number of thioether (sulfide) groups is 1. The molecule has 4 nitrogen and oxygen atoms in total. The van der Waals surface area contributed by atoms with Crippen LogP contribution in [0.2, 0.25) is 10.0 Å². The molecular weight excluding hydrogens is 357 g/mol. The normalized spacial score (nSPS) is 12.3. The lowest BCUT2D eigenvalue weighted by molar-refractivity contribution is 0.0955. The zero-order valence-electron chi connectivity index (χ0n) is 12.0. The van der Waals surface area contributed by atoms with Crippen LogP contribution in [0.4, 0.5) is 0 Å². The van der Waals surface area contributed by atoms with Gasteiger partial charge in [0.2, 0.25) is 6.79 Å². The van der Waals surface area contributed by atoms with Gasteiger partial charge in [0, 0.05) is 27.8 Å². The molecule has 0 unspecified atom stereocenters. The van der Waals surface area contributed by atoms with Gasteiger partial charge in [-0.15, -0.1) is 11.8 Å². The van der Waals surface area contributed by atoms with E-state index in [2.05, 4.69) is 5.32 Å². The van der Waals surface area contributed by atoms with Crippen molar-refractivity contribution in [2.45, 2.75) is 4.90 Å². The van der Waals surface area contributed by atoms with E-state index < -0.39 is 0 Å². The second-order valence-electron chi connectivity index (χ2n) is 4.75. The molecule has 3 rings (SSSR count). The van der Waals surface area contributed by atoms with Crippen LogP contribution in [0.3, 0.4) is 0 Å². The van der Waals surface area contributed by atoms with Crippen LogP contribution in [0, 0.1) is 0 Å². The van der Waals surface area contributed by atoms with Crippen LogP contribution < -0.4 is 14.8 Å². The van der Waals surface area contributed by atoms with Gasteiger partial charge in [0.15, 0.2) is 11.5 Å². The van der Waals surface area contributed by atoms with Crippen molar-refractivity contribution in [1.29, 1.82) is 0 Å². The van der Waals surface area contributed by atoms with Crippen LogP contribution in [0.15, 0.2) is 41.3 Å². The Labute approximate surface area is 148 Å². The molecule has 0 spiro atoms. The molecule has 2 aromatic carbocycles. The highest BCUT2D eigenvalue weighted by molar-refractivity contribution is 7.99. The number of ether oxygens (including phenoxy) is 2. The van der Waals surface area contributed by atoms with E-state index in [1.165, 1.54) is 0 Å². The third kappa shape index (κ3) is 4.05. The molecule has 0 fully saturated rings. The quantitative estimate of drug-likeness (QED) is 0.632. The standard InChI is InChI=1S/C16H13Cl2NO3S/c17-11-1-3-12(4-2-11)23-6-5-19-16(20)10-7-13(18)15-14(8-10)21-9-22-15/h1-4,7-8H,5-6,9H2,(H,19,20). The van der Waals surface area contributed by atoms with Crippen molar-refractivity contribution in [2.24, 2.45) is 0 Å². The third-order valence-electron chi connectivity index (χ3n) is 3.16. The van der Waals surface area contributed by atoms with Crippen molar-refractivity contribution in [3.05, 3.63) is 52.0 Å². The highest BCUT2D eigenvalue weighted by Crippen LogP contribution is 2.39. The summed E-state index contributed by atoms with van der Waals surface area (Å²) >= 11 is 13.6. The van der Waals surface area contributed by atoms with E-state index in [0.29, 0.717) is 33.7 Å². The molecule has 7 heteroatoms. The summed E-state index contributed by atoms with van der Waals surface area (Å²) < 4.78 is 10.5.